The number of amides is 3. The molecule has 2 aromatic carbocycles. The van der Waals surface area contributed by atoms with Gasteiger partial charge in [-0.25, -0.2) is 9.18 Å². The molecule has 0 spiro atoms. The van der Waals surface area contributed by atoms with Gasteiger partial charge in [-0.05, 0) is 74.6 Å². The number of nitriles is 1. The van der Waals surface area contributed by atoms with Crippen molar-refractivity contribution in [2.75, 3.05) is 20.1 Å². The first-order chi connectivity index (χ1) is 19.4. The van der Waals surface area contributed by atoms with E-state index in [1.54, 1.807) is 49.8 Å². The van der Waals surface area contributed by atoms with E-state index in [1.807, 2.05) is 24.3 Å². The van der Waals surface area contributed by atoms with Gasteiger partial charge in [-0.2, -0.15) is 5.26 Å². The molecule has 1 fully saturated rings. The number of nitrogens with one attached hydrogen (secondary N) is 1. The lowest BCUT2D eigenvalue weighted by molar-refractivity contribution is 0.0452. The topological polar surface area (TPSA) is 103 Å². The molecule has 3 amide bonds. The molecule has 2 aliphatic heterocycles. The van der Waals surface area contributed by atoms with Crippen molar-refractivity contribution in [3.63, 3.8) is 0 Å². The number of fused-ring (bicyclic) bond motifs is 1. The highest BCUT2D eigenvalue weighted by Gasteiger charge is 2.30. The molecule has 1 N–H and O–H groups in total. The fraction of sp³-hybridized carbons (Fsp3) is 0.355. The number of rotatable bonds is 4. The van der Waals surface area contributed by atoms with Crippen LogP contribution < -0.4 is 5.32 Å². The number of carbonyl (C=O) groups is 3. The Kier molecular flexibility index (Phi) is 7.58. The van der Waals surface area contributed by atoms with Crippen LogP contribution in [0.5, 0.6) is 0 Å². The van der Waals surface area contributed by atoms with Crippen molar-refractivity contribution in [3.05, 3.63) is 69.8 Å². The summed E-state index contributed by atoms with van der Waals surface area (Å²) in [4.78, 5) is 43.3. The Morgan fingerprint density at radius 1 is 1.12 bits per heavy atom. The van der Waals surface area contributed by atoms with Gasteiger partial charge < -0.3 is 19.9 Å². The second kappa shape index (κ2) is 11.0. The highest BCUT2D eigenvalue weighted by Crippen LogP contribution is 2.41. The molecule has 0 radical (unpaired) electrons. The largest absolute Gasteiger partial charge is 0.444 e. The van der Waals surface area contributed by atoms with Crippen molar-refractivity contribution in [1.29, 1.82) is 5.26 Å². The average molecular weight is 575 g/mol. The van der Waals surface area contributed by atoms with Gasteiger partial charge in [0.25, 0.3) is 11.8 Å². The van der Waals surface area contributed by atoms with E-state index in [1.165, 1.54) is 23.5 Å². The molecule has 3 aromatic rings. The molecule has 1 atom stereocenters. The van der Waals surface area contributed by atoms with Crippen LogP contribution >= 0.6 is 11.3 Å². The normalized spacial score (nSPS) is 16.8. The maximum absolute atomic E-state index is 14.7. The monoisotopic (exact) mass is 574 g/mol. The van der Waals surface area contributed by atoms with Gasteiger partial charge in [-0.15, -0.1) is 11.3 Å². The molecule has 0 unspecified atom stereocenters. The fourth-order valence-corrected chi connectivity index (χ4v) is 6.34. The third-order valence-corrected chi connectivity index (χ3v) is 8.30. The number of hydrogen-bond acceptors (Lipinski definition) is 6. The number of likely N-dealkylation sites (tertiary alicyclic amines) is 1. The Morgan fingerprint density at radius 2 is 1.88 bits per heavy atom. The number of nitrogens with zero attached hydrogens (tertiary/aromatic N) is 3. The number of thiophene rings is 1. The Morgan fingerprint density at radius 3 is 2.59 bits per heavy atom. The summed E-state index contributed by atoms with van der Waals surface area (Å²) in [5.41, 5.74) is 2.76. The van der Waals surface area contributed by atoms with Crippen LogP contribution in [0.25, 0.3) is 21.6 Å². The van der Waals surface area contributed by atoms with E-state index in [-0.39, 0.29) is 23.4 Å². The quantitative estimate of drug-likeness (QED) is 0.424. The standard InChI is InChI=1S/C31H31FN4O4S/c1-31(2,3)40-30(39)34-22-6-5-11-36(17-22)29(38)26-14-23(18-7-9-20(15-33)25(32)13-18)27(41-26)19-8-10-21-16-35(4)28(37)24(21)12-19/h7-10,12-14,22H,5-6,11,16-17H2,1-4H3,(H,34,39)/t22-/m1/s1. The van der Waals surface area contributed by atoms with Crippen molar-refractivity contribution in [3.8, 4) is 27.6 Å². The molecular weight excluding hydrogens is 543 g/mol. The second-order valence-electron chi connectivity index (χ2n) is 11.4. The molecule has 10 heteroatoms. The van der Waals surface area contributed by atoms with Crippen LogP contribution in [0.1, 0.15) is 64.8 Å². The lowest BCUT2D eigenvalue weighted by atomic mass is 9.98. The van der Waals surface area contributed by atoms with Crippen molar-refractivity contribution < 1.29 is 23.5 Å². The number of halogens is 1. The van der Waals surface area contributed by atoms with Crippen LogP contribution in [0.15, 0.2) is 42.5 Å². The van der Waals surface area contributed by atoms with E-state index >= 15 is 0 Å². The predicted octanol–water partition coefficient (Wildman–Crippen LogP) is 5.81. The zero-order valence-corrected chi connectivity index (χ0v) is 24.2. The molecule has 212 valence electrons. The third-order valence-electron chi connectivity index (χ3n) is 7.13. The van der Waals surface area contributed by atoms with Crippen LogP contribution in [-0.4, -0.2) is 59.5 Å². The van der Waals surface area contributed by atoms with Crippen LogP contribution in [-0.2, 0) is 11.3 Å². The summed E-state index contributed by atoms with van der Waals surface area (Å²) < 4.78 is 20.0. The molecule has 1 saturated heterocycles. The van der Waals surface area contributed by atoms with Gasteiger partial charge in [0.1, 0.15) is 17.5 Å². The maximum Gasteiger partial charge on any atom is 0.407 e. The van der Waals surface area contributed by atoms with Gasteiger partial charge in [-0.1, -0.05) is 18.2 Å². The van der Waals surface area contributed by atoms with Gasteiger partial charge in [0, 0.05) is 48.7 Å². The van der Waals surface area contributed by atoms with Crippen molar-refractivity contribution in [2.45, 2.75) is 51.8 Å². The summed E-state index contributed by atoms with van der Waals surface area (Å²) in [6.45, 7) is 6.80. The maximum atomic E-state index is 14.7. The highest BCUT2D eigenvalue weighted by molar-refractivity contribution is 7.18. The van der Waals surface area contributed by atoms with Gasteiger partial charge in [0.05, 0.1) is 10.4 Å². The molecule has 1 aromatic heterocycles. The molecule has 3 heterocycles. The minimum absolute atomic E-state index is 0.0650. The summed E-state index contributed by atoms with van der Waals surface area (Å²) in [6.07, 6.45) is 0.933. The number of alkyl carbamates (subject to hydrolysis) is 1. The fourth-order valence-electron chi connectivity index (χ4n) is 5.20. The molecule has 0 saturated carbocycles. The number of ether oxygens (including phenoxy) is 1. The number of hydrogen-bond donors (Lipinski definition) is 1. The van der Waals surface area contributed by atoms with Crippen molar-refractivity contribution in [2.24, 2.45) is 0 Å². The van der Waals surface area contributed by atoms with E-state index in [0.29, 0.717) is 41.2 Å². The number of benzene rings is 2. The van der Waals surface area contributed by atoms with Gasteiger partial charge in [0.2, 0.25) is 0 Å². The lowest BCUT2D eigenvalue weighted by Gasteiger charge is -2.33. The third kappa shape index (κ3) is 5.95. The lowest BCUT2D eigenvalue weighted by Crippen LogP contribution is -2.50. The minimum atomic E-state index is -0.645. The SMILES string of the molecule is CN1Cc2ccc(-c3sc(C(=O)N4CCC[C@@H](NC(=O)OC(C)(C)C)C4)cc3-c3ccc(C#N)c(F)c3)cc2C1=O. The van der Waals surface area contributed by atoms with E-state index in [0.717, 1.165) is 28.8 Å². The van der Waals surface area contributed by atoms with E-state index in [4.69, 9.17) is 4.74 Å². The Hall–Kier alpha value is -4.23. The van der Waals surface area contributed by atoms with E-state index < -0.39 is 17.5 Å². The van der Waals surface area contributed by atoms with Crippen LogP contribution in [0.3, 0.4) is 0 Å². The van der Waals surface area contributed by atoms with E-state index in [9.17, 15) is 24.0 Å². The van der Waals surface area contributed by atoms with Crippen LogP contribution in [0.4, 0.5) is 9.18 Å². The molecule has 41 heavy (non-hydrogen) atoms. The zero-order valence-electron chi connectivity index (χ0n) is 23.4. The molecule has 0 aliphatic carbocycles. The summed E-state index contributed by atoms with van der Waals surface area (Å²) in [6, 6.07) is 13.4. The van der Waals surface area contributed by atoms with Crippen molar-refractivity contribution in [1.82, 2.24) is 15.1 Å². The highest BCUT2D eigenvalue weighted by atomic mass is 32.1. The Labute approximate surface area is 242 Å². The first-order valence-corrected chi connectivity index (χ1v) is 14.3. The average Bonchev–Trinajstić information content (AvgIpc) is 3.48. The number of carbonyl (C=O) groups excluding carboxylic acids is 3. The smallest absolute Gasteiger partial charge is 0.407 e. The van der Waals surface area contributed by atoms with Crippen LogP contribution in [0, 0.1) is 17.1 Å². The summed E-state index contributed by atoms with van der Waals surface area (Å²) >= 11 is 1.28. The van der Waals surface area contributed by atoms with Gasteiger partial charge >= 0.3 is 6.09 Å². The second-order valence-corrected chi connectivity index (χ2v) is 12.5. The number of piperidine rings is 1. The Bertz CT molecular complexity index is 1590. The van der Waals surface area contributed by atoms with Gasteiger partial charge in [-0.3, -0.25) is 9.59 Å². The molecule has 5 rings (SSSR count). The first-order valence-electron chi connectivity index (χ1n) is 13.4. The minimum Gasteiger partial charge on any atom is -0.444 e. The summed E-state index contributed by atoms with van der Waals surface area (Å²) in [7, 11) is 1.75. The predicted molar refractivity (Wildman–Crippen MR) is 154 cm³/mol. The zero-order chi connectivity index (χ0) is 29.5. The summed E-state index contributed by atoms with van der Waals surface area (Å²) in [5, 5.41) is 12.1. The Balaban J connectivity index is 1.48. The molecule has 0 bridgehead atoms. The molecule has 8 nitrogen and oxygen atoms in total. The van der Waals surface area contributed by atoms with Crippen LogP contribution in [0.2, 0.25) is 0 Å². The van der Waals surface area contributed by atoms with Gasteiger partial charge in [0.15, 0.2) is 0 Å². The molecule has 2 aliphatic rings. The first kappa shape index (κ1) is 28.3. The van der Waals surface area contributed by atoms with Crippen molar-refractivity contribution >= 4 is 29.2 Å². The summed E-state index contributed by atoms with van der Waals surface area (Å²) in [5.74, 6) is -0.908. The van der Waals surface area contributed by atoms with E-state index in [2.05, 4.69) is 5.32 Å². The molecular formula is C31H31FN4O4S.